The maximum absolute atomic E-state index is 5.30. The molecule has 1 fully saturated rings. The second-order valence-electron chi connectivity index (χ2n) is 3.08. The van der Waals surface area contributed by atoms with E-state index in [9.17, 15) is 0 Å². The zero-order valence-corrected chi connectivity index (χ0v) is 7.20. The first-order valence-corrected chi connectivity index (χ1v) is 3.90. The minimum absolute atomic E-state index is 0.153. The van der Waals surface area contributed by atoms with Gasteiger partial charge in [0.15, 0.2) is 0 Å². The Morgan fingerprint density at radius 2 is 2.42 bits per heavy atom. The van der Waals surface area contributed by atoms with Gasteiger partial charge in [0, 0.05) is 11.8 Å². The van der Waals surface area contributed by atoms with Gasteiger partial charge in [0.25, 0.3) is 0 Å². The van der Waals surface area contributed by atoms with Crippen LogP contribution >= 0.6 is 0 Å². The molecule has 64 valence electrons. The van der Waals surface area contributed by atoms with Crippen LogP contribution in [-0.4, -0.2) is 18.7 Å². The molecule has 12 heavy (non-hydrogen) atoms. The van der Waals surface area contributed by atoms with E-state index in [0.717, 1.165) is 12.2 Å². The van der Waals surface area contributed by atoms with E-state index in [-0.39, 0.29) is 5.60 Å². The van der Waals surface area contributed by atoms with Crippen LogP contribution in [0.4, 0.5) is 0 Å². The summed E-state index contributed by atoms with van der Waals surface area (Å²) >= 11 is 0. The minimum Gasteiger partial charge on any atom is -0.481 e. The van der Waals surface area contributed by atoms with Crippen molar-refractivity contribution in [2.45, 2.75) is 12.5 Å². The van der Waals surface area contributed by atoms with Gasteiger partial charge < -0.3 is 9.47 Å². The molecule has 0 aliphatic carbocycles. The highest BCUT2D eigenvalue weighted by atomic mass is 16.6. The molecule has 3 heteroatoms. The van der Waals surface area contributed by atoms with Gasteiger partial charge in [-0.3, -0.25) is 0 Å². The van der Waals surface area contributed by atoms with Gasteiger partial charge in [-0.25, -0.2) is 4.98 Å². The van der Waals surface area contributed by atoms with E-state index >= 15 is 0 Å². The summed E-state index contributed by atoms with van der Waals surface area (Å²) in [6.45, 7) is 2.79. The quantitative estimate of drug-likeness (QED) is 0.620. The average Bonchev–Trinajstić information content (AvgIpc) is 2.85. The first-order chi connectivity index (χ1) is 5.76. The van der Waals surface area contributed by atoms with Crippen molar-refractivity contribution in [1.82, 2.24) is 4.98 Å². The summed E-state index contributed by atoms with van der Waals surface area (Å²) in [5, 5.41) is 0. The highest BCUT2D eigenvalue weighted by molar-refractivity contribution is 5.34. The SMILES string of the molecule is COc1ncccc1C1(C)CO1. The molecule has 1 saturated heterocycles. The molecule has 0 N–H and O–H groups in total. The molecule has 1 aromatic rings. The molecule has 0 radical (unpaired) electrons. The van der Waals surface area contributed by atoms with Crippen LogP contribution in [0, 0.1) is 0 Å². The van der Waals surface area contributed by atoms with E-state index in [1.54, 1.807) is 13.3 Å². The lowest BCUT2D eigenvalue weighted by atomic mass is 10.0. The Morgan fingerprint density at radius 1 is 1.67 bits per heavy atom. The molecular weight excluding hydrogens is 154 g/mol. The Labute approximate surface area is 71.3 Å². The number of methoxy groups -OCH3 is 1. The zero-order valence-electron chi connectivity index (χ0n) is 7.20. The lowest BCUT2D eigenvalue weighted by Crippen LogP contribution is -2.05. The molecular formula is C9H11NO2. The van der Waals surface area contributed by atoms with E-state index < -0.39 is 0 Å². The average molecular weight is 165 g/mol. The fourth-order valence-corrected chi connectivity index (χ4v) is 1.22. The molecule has 3 nitrogen and oxygen atoms in total. The third-order valence-corrected chi connectivity index (χ3v) is 2.11. The first kappa shape index (κ1) is 7.55. The molecule has 0 bridgehead atoms. The maximum Gasteiger partial charge on any atom is 0.219 e. The van der Waals surface area contributed by atoms with Crippen molar-refractivity contribution in [3.05, 3.63) is 23.9 Å². The molecule has 2 rings (SSSR count). The van der Waals surface area contributed by atoms with Crippen molar-refractivity contribution in [2.75, 3.05) is 13.7 Å². The van der Waals surface area contributed by atoms with Crippen molar-refractivity contribution in [3.63, 3.8) is 0 Å². The standard InChI is InChI=1S/C9H11NO2/c1-9(6-12-9)7-4-3-5-10-8(7)11-2/h3-5H,6H2,1-2H3. The third-order valence-electron chi connectivity index (χ3n) is 2.11. The highest BCUT2D eigenvalue weighted by Crippen LogP contribution is 2.41. The van der Waals surface area contributed by atoms with Crippen LogP contribution in [0.2, 0.25) is 0 Å². The second kappa shape index (κ2) is 2.45. The van der Waals surface area contributed by atoms with Crippen LogP contribution in [0.1, 0.15) is 12.5 Å². The summed E-state index contributed by atoms with van der Waals surface area (Å²) < 4.78 is 10.4. The zero-order chi connectivity index (χ0) is 8.60. The molecule has 1 unspecified atom stereocenters. The van der Waals surface area contributed by atoms with Crippen LogP contribution in [0.3, 0.4) is 0 Å². The van der Waals surface area contributed by atoms with E-state index in [1.807, 2.05) is 19.1 Å². The molecule has 1 aliphatic heterocycles. The van der Waals surface area contributed by atoms with Gasteiger partial charge in [0.05, 0.1) is 13.7 Å². The van der Waals surface area contributed by atoms with Crippen molar-refractivity contribution in [1.29, 1.82) is 0 Å². The molecule has 1 aromatic heterocycles. The van der Waals surface area contributed by atoms with Gasteiger partial charge in [0.1, 0.15) is 5.60 Å². The largest absolute Gasteiger partial charge is 0.481 e. The minimum atomic E-state index is -0.153. The number of epoxide rings is 1. The lowest BCUT2D eigenvalue weighted by Gasteiger charge is -2.08. The summed E-state index contributed by atoms with van der Waals surface area (Å²) in [4.78, 5) is 4.10. The van der Waals surface area contributed by atoms with E-state index in [4.69, 9.17) is 9.47 Å². The summed E-state index contributed by atoms with van der Waals surface area (Å²) in [5.74, 6) is 0.664. The van der Waals surface area contributed by atoms with Crippen LogP contribution in [-0.2, 0) is 10.3 Å². The summed E-state index contributed by atoms with van der Waals surface area (Å²) in [7, 11) is 1.62. The van der Waals surface area contributed by atoms with Gasteiger partial charge in [0.2, 0.25) is 5.88 Å². The lowest BCUT2D eigenvalue weighted by molar-refractivity contribution is 0.312. The number of hydrogen-bond donors (Lipinski definition) is 0. The molecule has 1 aliphatic rings. The smallest absolute Gasteiger partial charge is 0.219 e. The summed E-state index contributed by atoms with van der Waals surface area (Å²) in [6.07, 6.45) is 1.72. The number of nitrogens with zero attached hydrogens (tertiary/aromatic N) is 1. The number of aromatic nitrogens is 1. The maximum atomic E-state index is 5.30. The monoisotopic (exact) mass is 165 g/mol. The predicted molar refractivity (Wildman–Crippen MR) is 44.1 cm³/mol. The number of rotatable bonds is 2. The van der Waals surface area contributed by atoms with Crippen molar-refractivity contribution >= 4 is 0 Å². The van der Waals surface area contributed by atoms with E-state index in [0.29, 0.717) is 5.88 Å². The van der Waals surface area contributed by atoms with Crippen molar-refractivity contribution in [2.24, 2.45) is 0 Å². The van der Waals surface area contributed by atoms with Gasteiger partial charge in [-0.2, -0.15) is 0 Å². The molecule has 0 spiro atoms. The van der Waals surface area contributed by atoms with Crippen LogP contribution < -0.4 is 4.74 Å². The first-order valence-electron chi connectivity index (χ1n) is 3.90. The number of hydrogen-bond acceptors (Lipinski definition) is 3. The van der Waals surface area contributed by atoms with Gasteiger partial charge in [-0.05, 0) is 19.1 Å². The molecule has 0 amide bonds. The Kier molecular flexibility index (Phi) is 1.54. The molecule has 1 atom stereocenters. The Hall–Kier alpha value is -1.09. The van der Waals surface area contributed by atoms with Crippen molar-refractivity contribution in [3.8, 4) is 5.88 Å². The van der Waals surface area contributed by atoms with Gasteiger partial charge in [-0.15, -0.1) is 0 Å². The van der Waals surface area contributed by atoms with E-state index in [1.165, 1.54) is 0 Å². The Morgan fingerprint density at radius 3 is 3.00 bits per heavy atom. The predicted octanol–water partition coefficient (Wildman–Crippen LogP) is 1.34. The topological polar surface area (TPSA) is 34.6 Å². The second-order valence-corrected chi connectivity index (χ2v) is 3.08. The van der Waals surface area contributed by atoms with Crippen LogP contribution in [0.5, 0.6) is 5.88 Å². The van der Waals surface area contributed by atoms with Crippen LogP contribution in [0.25, 0.3) is 0 Å². The van der Waals surface area contributed by atoms with Crippen molar-refractivity contribution < 1.29 is 9.47 Å². The third kappa shape index (κ3) is 1.06. The van der Waals surface area contributed by atoms with E-state index in [2.05, 4.69) is 4.98 Å². The summed E-state index contributed by atoms with van der Waals surface area (Å²) in [6, 6.07) is 3.88. The van der Waals surface area contributed by atoms with Gasteiger partial charge in [-0.1, -0.05) is 0 Å². The molecule has 0 aromatic carbocycles. The summed E-state index contributed by atoms with van der Waals surface area (Å²) in [5.41, 5.74) is 0.882. The highest BCUT2D eigenvalue weighted by Gasteiger charge is 2.43. The molecule has 2 heterocycles. The Balaban J connectivity index is 2.42. The Bertz CT molecular complexity index is 294. The normalized spacial score (nSPS) is 26.8. The fraction of sp³-hybridized carbons (Fsp3) is 0.444. The number of ether oxygens (including phenoxy) is 2. The molecule has 0 saturated carbocycles. The van der Waals surface area contributed by atoms with Crippen LogP contribution in [0.15, 0.2) is 18.3 Å². The van der Waals surface area contributed by atoms with Gasteiger partial charge >= 0.3 is 0 Å². The fourth-order valence-electron chi connectivity index (χ4n) is 1.22. The number of pyridine rings is 1.